The van der Waals surface area contributed by atoms with Gasteiger partial charge >= 0.3 is 0 Å². The zero-order valence-corrected chi connectivity index (χ0v) is 19.4. The van der Waals surface area contributed by atoms with Crippen LogP contribution in [0.4, 0.5) is 0 Å². The number of imidazole rings is 1. The first kappa shape index (κ1) is 22.6. The Balaban J connectivity index is 1.33. The Bertz CT molecular complexity index is 1210. The molecule has 0 atom stereocenters. The molecule has 33 heavy (non-hydrogen) atoms. The van der Waals surface area contributed by atoms with Gasteiger partial charge in [-0.3, -0.25) is 4.79 Å². The number of rotatable bonds is 10. The molecule has 4 aromatic rings. The van der Waals surface area contributed by atoms with E-state index >= 15 is 0 Å². The number of nitrogens with one attached hydrogen (secondary N) is 1. The molecular weight excluding hydrogens is 410 g/mol. The van der Waals surface area contributed by atoms with E-state index in [9.17, 15) is 4.79 Å². The van der Waals surface area contributed by atoms with Gasteiger partial charge in [-0.25, -0.2) is 4.98 Å². The topological polar surface area (TPSA) is 56.1 Å². The summed E-state index contributed by atoms with van der Waals surface area (Å²) in [5.41, 5.74) is 5.18. The van der Waals surface area contributed by atoms with E-state index in [1.807, 2.05) is 49.4 Å². The average molecular weight is 442 g/mol. The van der Waals surface area contributed by atoms with Crippen LogP contribution in [0.3, 0.4) is 0 Å². The van der Waals surface area contributed by atoms with Crippen LogP contribution in [-0.4, -0.2) is 29.1 Å². The molecule has 0 saturated carbocycles. The zero-order chi connectivity index (χ0) is 23.0. The van der Waals surface area contributed by atoms with Gasteiger partial charge in [0.2, 0.25) is 0 Å². The van der Waals surface area contributed by atoms with Crippen LogP contribution in [-0.2, 0) is 13.0 Å². The summed E-state index contributed by atoms with van der Waals surface area (Å²) in [6, 6.07) is 24.2. The quantitative estimate of drug-likeness (QED) is 0.329. The number of hydrogen-bond donors (Lipinski definition) is 1. The summed E-state index contributed by atoms with van der Waals surface area (Å²) >= 11 is 0. The summed E-state index contributed by atoms with van der Waals surface area (Å²) < 4.78 is 7.60. The summed E-state index contributed by atoms with van der Waals surface area (Å²) in [5, 5.41) is 3.04. The van der Waals surface area contributed by atoms with Crippen molar-refractivity contribution in [2.45, 2.75) is 39.2 Å². The molecule has 5 nitrogen and oxygen atoms in total. The Hall–Kier alpha value is -3.60. The molecule has 1 aromatic heterocycles. The van der Waals surface area contributed by atoms with E-state index in [0.29, 0.717) is 6.54 Å². The van der Waals surface area contributed by atoms with Crippen LogP contribution in [0.2, 0.25) is 0 Å². The third kappa shape index (κ3) is 5.61. The predicted octanol–water partition coefficient (Wildman–Crippen LogP) is 5.54. The maximum Gasteiger partial charge on any atom is 0.251 e. The highest BCUT2D eigenvalue weighted by Crippen LogP contribution is 2.21. The van der Waals surface area contributed by atoms with Crippen molar-refractivity contribution in [2.24, 2.45) is 0 Å². The van der Waals surface area contributed by atoms with Crippen LogP contribution in [0.1, 0.15) is 46.6 Å². The van der Waals surface area contributed by atoms with Crippen molar-refractivity contribution >= 4 is 16.9 Å². The number of para-hydroxylation sites is 2. The first-order valence-electron chi connectivity index (χ1n) is 11.6. The lowest BCUT2D eigenvalue weighted by Gasteiger charge is -2.11. The summed E-state index contributed by atoms with van der Waals surface area (Å²) in [5.74, 6) is 1.98. The molecule has 1 heterocycles. The summed E-state index contributed by atoms with van der Waals surface area (Å²) in [6.45, 7) is 3.44. The van der Waals surface area contributed by atoms with Crippen molar-refractivity contribution in [1.29, 1.82) is 0 Å². The van der Waals surface area contributed by atoms with Gasteiger partial charge in [-0.15, -0.1) is 0 Å². The smallest absolute Gasteiger partial charge is 0.251 e. The van der Waals surface area contributed by atoms with Gasteiger partial charge in [0.1, 0.15) is 11.6 Å². The molecule has 0 saturated heterocycles. The molecule has 0 spiro atoms. The van der Waals surface area contributed by atoms with Gasteiger partial charge in [-0.2, -0.15) is 0 Å². The van der Waals surface area contributed by atoms with E-state index in [1.165, 1.54) is 5.56 Å². The highest BCUT2D eigenvalue weighted by molar-refractivity contribution is 5.95. The normalized spacial score (nSPS) is 11.0. The summed E-state index contributed by atoms with van der Waals surface area (Å²) in [7, 11) is 1.69. The van der Waals surface area contributed by atoms with Gasteiger partial charge in [0, 0.05) is 25.1 Å². The first-order chi connectivity index (χ1) is 16.2. The Kier molecular flexibility index (Phi) is 7.40. The van der Waals surface area contributed by atoms with Crippen LogP contribution in [0, 0.1) is 6.92 Å². The molecule has 0 radical (unpaired) electrons. The van der Waals surface area contributed by atoms with E-state index in [1.54, 1.807) is 7.11 Å². The Morgan fingerprint density at radius 1 is 0.939 bits per heavy atom. The number of benzene rings is 3. The number of ether oxygens (including phenoxy) is 1. The molecule has 5 heteroatoms. The van der Waals surface area contributed by atoms with Crippen molar-refractivity contribution in [1.82, 2.24) is 14.9 Å². The second kappa shape index (κ2) is 10.8. The second-order valence-electron chi connectivity index (χ2n) is 8.33. The van der Waals surface area contributed by atoms with Crippen LogP contribution < -0.4 is 10.1 Å². The third-order valence-electron chi connectivity index (χ3n) is 5.99. The minimum Gasteiger partial charge on any atom is -0.497 e. The van der Waals surface area contributed by atoms with Gasteiger partial charge < -0.3 is 14.6 Å². The molecule has 170 valence electrons. The van der Waals surface area contributed by atoms with Crippen molar-refractivity contribution in [3.8, 4) is 5.75 Å². The van der Waals surface area contributed by atoms with Crippen LogP contribution in [0.25, 0.3) is 11.0 Å². The number of aromatic nitrogens is 2. The van der Waals surface area contributed by atoms with E-state index in [0.717, 1.165) is 66.0 Å². The Labute approximate surface area is 195 Å². The highest BCUT2D eigenvalue weighted by Gasteiger charge is 2.11. The minimum atomic E-state index is 0.00869. The number of amides is 1. The van der Waals surface area contributed by atoms with Crippen molar-refractivity contribution in [3.05, 3.63) is 95.3 Å². The first-order valence-corrected chi connectivity index (χ1v) is 11.6. The third-order valence-corrected chi connectivity index (χ3v) is 5.99. The zero-order valence-electron chi connectivity index (χ0n) is 19.4. The maximum absolute atomic E-state index is 12.3. The largest absolute Gasteiger partial charge is 0.497 e. The van der Waals surface area contributed by atoms with Gasteiger partial charge in [-0.05, 0) is 61.2 Å². The molecule has 0 aliphatic carbocycles. The van der Waals surface area contributed by atoms with Crippen molar-refractivity contribution < 1.29 is 9.53 Å². The second-order valence-corrected chi connectivity index (χ2v) is 8.33. The molecule has 4 rings (SSSR count). The van der Waals surface area contributed by atoms with Crippen LogP contribution in [0.5, 0.6) is 5.75 Å². The van der Waals surface area contributed by atoms with Gasteiger partial charge in [0.05, 0.1) is 18.1 Å². The number of nitrogens with zero attached hydrogens (tertiary/aromatic N) is 2. The molecule has 0 unspecified atom stereocenters. The summed E-state index contributed by atoms with van der Waals surface area (Å²) in [4.78, 5) is 17.3. The van der Waals surface area contributed by atoms with Crippen LogP contribution >= 0.6 is 0 Å². The average Bonchev–Trinajstić information content (AvgIpc) is 3.19. The lowest BCUT2D eigenvalue weighted by Crippen LogP contribution is -2.25. The van der Waals surface area contributed by atoms with E-state index in [2.05, 4.69) is 40.2 Å². The highest BCUT2D eigenvalue weighted by atomic mass is 16.5. The molecule has 0 fully saturated rings. The summed E-state index contributed by atoms with van der Waals surface area (Å²) in [6.07, 6.45) is 3.94. The molecule has 3 aromatic carbocycles. The Morgan fingerprint density at radius 3 is 2.48 bits per heavy atom. The monoisotopic (exact) mass is 441 g/mol. The number of carbonyl (C=O) groups excluding carboxylic acids is 1. The maximum atomic E-state index is 12.3. The van der Waals surface area contributed by atoms with Crippen LogP contribution in [0.15, 0.2) is 72.8 Å². The SMILES string of the molecule is COc1ccc(Cn2c(CCCCCNC(=O)c3ccccc3C)nc3ccccc32)cc1. The number of aryl methyl sites for hydroxylation is 2. The van der Waals surface area contributed by atoms with E-state index in [-0.39, 0.29) is 5.91 Å². The number of hydrogen-bond acceptors (Lipinski definition) is 3. The molecule has 0 aliphatic rings. The minimum absolute atomic E-state index is 0.00869. The fourth-order valence-corrected chi connectivity index (χ4v) is 4.12. The number of carbonyl (C=O) groups is 1. The van der Waals surface area contributed by atoms with Gasteiger partial charge in [0.25, 0.3) is 5.91 Å². The molecular formula is C28H31N3O2. The van der Waals surface area contributed by atoms with Gasteiger partial charge in [-0.1, -0.05) is 48.9 Å². The van der Waals surface area contributed by atoms with E-state index in [4.69, 9.17) is 9.72 Å². The number of methoxy groups -OCH3 is 1. The van der Waals surface area contributed by atoms with Crippen molar-refractivity contribution in [3.63, 3.8) is 0 Å². The molecule has 0 aliphatic heterocycles. The number of fused-ring (bicyclic) bond motifs is 1. The fraction of sp³-hybridized carbons (Fsp3) is 0.286. The lowest BCUT2D eigenvalue weighted by molar-refractivity contribution is 0.0952. The fourth-order valence-electron chi connectivity index (χ4n) is 4.12. The lowest BCUT2D eigenvalue weighted by atomic mass is 10.1. The standard InChI is InChI=1S/C28H31N3O2/c1-21-10-5-6-11-24(21)28(32)29-19-9-3-4-14-27-30-25-12-7-8-13-26(25)31(27)20-22-15-17-23(33-2)18-16-22/h5-8,10-13,15-18H,3-4,9,14,19-20H2,1-2H3,(H,29,32). The van der Waals surface area contributed by atoms with Crippen molar-refractivity contribution in [2.75, 3.05) is 13.7 Å². The van der Waals surface area contributed by atoms with E-state index < -0.39 is 0 Å². The molecule has 1 N–H and O–H groups in total. The predicted molar refractivity (Wildman–Crippen MR) is 133 cm³/mol. The molecule has 0 bridgehead atoms. The number of unbranched alkanes of at least 4 members (excludes halogenated alkanes) is 2. The van der Waals surface area contributed by atoms with Gasteiger partial charge in [0.15, 0.2) is 0 Å². The Morgan fingerprint density at radius 2 is 1.70 bits per heavy atom. The molecule has 1 amide bonds.